The number of carbonyl (C=O) groups is 1. The van der Waals surface area contributed by atoms with Crippen LogP contribution < -0.4 is 15.4 Å². The molecule has 114 valence electrons. The van der Waals surface area contributed by atoms with Gasteiger partial charge >= 0.3 is 6.36 Å². The molecule has 3 rings (SSSR count). The van der Waals surface area contributed by atoms with Crippen LogP contribution in [-0.4, -0.2) is 24.4 Å². The van der Waals surface area contributed by atoms with E-state index in [9.17, 15) is 18.0 Å². The molecule has 2 aliphatic rings. The normalized spacial score (nSPS) is 27.7. The number of hydrogen-bond acceptors (Lipinski definition) is 3. The van der Waals surface area contributed by atoms with Crippen molar-refractivity contribution in [3.8, 4) is 5.75 Å². The molecule has 1 aromatic carbocycles. The quantitative estimate of drug-likeness (QED) is 0.902. The molecule has 0 radical (unpaired) electrons. The van der Waals surface area contributed by atoms with Crippen LogP contribution in [0.5, 0.6) is 5.75 Å². The van der Waals surface area contributed by atoms with E-state index in [0.717, 1.165) is 19.3 Å². The molecule has 2 fully saturated rings. The molecular weight excluding hydrogens is 285 g/mol. The van der Waals surface area contributed by atoms with Gasteiger partial charge in [0, 0.05) is 17.8 Å². The smallest absolute Gasteiger partial charge is 0.406 e. The molecule has 1 aromatic rings. The minimum atomic E-state index is -4.71. The van der Waals surface area contributed by atoms with E-state index >= 15 is 0 Å². The SMILES string of the molecule is O=C(Nc1ccc(OC(F)(F)F)cc1)C1CC2CCC1N2. The Morgan fingerprint density at radius 2 is 1.95 bits per heavy atom. The molecule has 0 saturated carbocycles. The van der Waals surface area contributed by atoms with Crippen molar-refractivity contribution < 1.29 is 22.7 Å². The Hall–Kier alpha value is -1.76. The highest BCUT2D eigenvalue weighted by Crippen LogP contribution is 2.34. The van der Waals surface area contributed by atoms with Gasteiger partial charge in [-0.05, 0) is 43.5 Å². The summed E-state index contributed by atoms with van der Waals surface area (Å²) in [6.45, 7) is 0. The molecule has 3 atom stereocenters. The summed E-state index contributed by atoms with van der Waals surface area (Å²) in [5, 5.41) is 6.12. The fraction of sp³-hybridized carbons (Fsp3) is 0.500. The van der Waals surface area contributed by atoms with Crippen LogP contribution in [0.2, 0.25) is 0 Å². The minimum absolute atomic E-state index is 0.0603. The Morgan fingerprint density at radius 1 is 1.24 bits per heavy atom. The van der Waals surface area contributed by atoms with Crippen LogP contribution in [0.3, 0.4) is 0 Å². The van der Waals surface area contributed by atoms with Gasteiger partial charge in [0.15, 0.2) is 0 Å². The Morgan fingerprint density at radius 3 is 2.48 bits per heavy atom. The van der Waals surface area contributed by atoms with Gasteiger partial charge in [0.2, 0.25) is 5.91 Å². The van der Waals surface area contributed by atoms with Crippen molar-refractivity contribution in [1.82, 2.24) is 5.32 Å². The molecule has 2 saturated heterocycles. The van der Waals surface area contributed by atoms with Crippen molar-refractivity contribution in [2.45, 2.75) is 37.7 Å². The number of carbonyl (C=O) groups excluding carboxylic acids is 1. The summed E-state index contributed by atoms with van der Waals surface area (Å²) in [6.07, 6.45) is -1.77. The average Bonchev–Trinajstić information content (AvgIpc) is 3.01. The maximum Gasteiger partial charge on any atom is 0.573 e. The van der Waals surface area contributed by atoms with Gasteiger partial charge < -0.3 is 15.4 Å². The highest BCUT2D eigenvalue weighted by atomic mass is 19.4. The van der Waals surface area contributed by atoms with Crippen molar-refractivity contribution in [2.24, 2.45) is 5.92 Å². The first-order valence-electron chi connectivity index (χ1n) is 6.83. The van der Waals surface area contributed by atoms with Crippen molar-refractivity contribution in [2.75, 3.05) is 5.32 Å². The number of anilines is 1. The third-order valence-corrected chi connectivity index (χ3v) is 3.99. The Bertz CT molecular complexity index is 530. The van der Waals surface area contributed by atoms with Gasteiger partial charge in [-0.3, -0.25) is 4.79 Å². The van der Waals surface area contributed by atoms with Gasteiger partial charge in [0.25, 0.3) is 0 Å². The molecule has 0 spiro atoms. The fourth-order valence-electron chi connectivity index (χ4n) is 3.09. The molecule has 2 N–H and O–H groups in total. The van der Waals surface area contributed by atoms with Crippen LogP contribution in [0.25, 0.3) is 0 Å². The molecular formula is C14H15F3N2O2. The number of halogens is 3. The van der Waals surface area contributed by atoms with Gasteiger partial charge in [-0.2, -0.15) is 0 Å². The summed E-state index contributed by atoms with van der Waals surface area (Å²) in [6, 6.07) is 5.82. The third kappa shape index (κ3) is 3.29. The second-order valence-electron chi connectivity index (χ2n) is 5.45. The predicted octanol–water partition coefficient (Wildman–Crippen LogP) is 2.66. The lowest BCUT2D eigenvalue weighted by molar-refractivity contribution is -0.274. The Balaban J connectivity index is 1.59. The molecule has 4 nitrogen and oxygen atoms in total. The number of nitrogens with one attached hydrogen (secondary N) is 2. The monoisotopic (exact) mass is 300 g/mol. The first kappa shape index (κ1) is 14.2. The predicted molar refractivity (Wildman–Crippen MR) is 69.8 cm³/mol. The zero-order valence-electron chi connectivity index (χ0n) is 11.1. The van der Waals surface area contributed by atoms with E-state index in [0.29, 0.717) is 11.7 Å². The lowest BCUT2D eigenvalue weighted by atomic mass is 9.88. The molecule has 21 heavy (non-hydrogen) atoms. The van der Waals surface area contributed by atoms with E-state index < -0.39 is 6.36 Å². The number of rotatable bonds is 3. The number of fused-ring (bicyclic) bond motifs is 2. The molecule has 2 heterocycles. The van der Waals surface area contributed by atoms with Crippen LogP contribution >= 0.6 is 0 Å². The largest absolute Gasteiger partial charge is 0.573 e. The Labute approximate surface area is 119 Å². The molecule has 2 bridgehead atoms. The van der Waals surface area contributed by atoms with Crippen LogP contribution in [0.1, 0.15) is 19.3 Å². The van der Waals surface area contributed by atoms with Gasteiger partial charge in [-0.25, -0.2) is 0 Å². The standard InChI is InChI=1S/C14H15F3N2O2/c15-14(16,17)21-10-4-1-8(2-5-10)19-13(20)11-7-9-3-6-12(11)18-9/h1-2,4-5,9,11-12,18H,3,6-7H2,(H,19,20). The van der Waals surface area contributed by atoms with E-state index in [-0.39, 0.29) is 23.6 Å². The van der Waals surface area contributed by atoms with Gasteiger partial charge in [0.05, 0.1) is 5.92 Å². The van der Waals surface area contributed by atoms with E-state index in [1.165, 1.54) is 24.3 Å². The highest BCUT2D eigenvalue weighted by molar-refractivity contribution is 5.93. The average molecular weight is 300 g/mol. The van der Waals surface area contributed by atoms with Gasteiger partial charge in [-0.1, -0.05) is 0 Å². The summed E-state index contributed by atoms with van der Waals surface area (Å²) in [5.74, 6) is -0.448. The first-order valence-corrected chi connectivity index (χ1v) is 6.83. The summed E-state index contributed by atoms with van der Waals surface area (Å²) in [5.41, 5.74) is 0.470. The molecule has 0 aromatic heterocycles. The molecule has 0 aliphatic carbocycles. The van der Waals surface area contributed by atoms with Crippen LogP contribution in [-0.2, 0) is 4.79 Å². The lowest BCUT2D eigenvalue weighted by Crippen LogP contribution is -2.32. The van der Waals surface area contributed by atoms with Crippen molar-refractivity contribution in [3.05, 3.63) is 24.3 Å². The summed E-state index contributed by atoms with van der Waals surface area (Å²) in [4.78, 5) is 12.2. The van der Waals surface area contributed by atoms with Gasteiger partial charge in [0.1, 0.15) is 5.75 Å². The molecule has 2 aliphatic heterocycles. The lowest BCUT2D eigenvalue weighted by Gasteiger charge is -2.19. The van der Waals surface area contributed by atoms with E-state index in [1.807, 2.05) is 0 Å². The number of ether oxygens (including phenoxy) is 1. The molecule has 3 unspecified atom stereocenters. The zero-order valence-corrected chi connectivity index (χ0v) is 11.1. The number of amides is 1. The zero-order chi connectivity index (χ0) is 15.0. The van der Waals surface area contributed by atoms with Crippen molar-refractivity contribution >= 4 is 11.6 Å². The first-order chi connectivity index (χ1) is 9.90. The van der Waals surface area contributed by atoms with Crippen LogP contribution in [0, 0.1) is 5.92 Å². The Kier molecular flexibility index (Phi) is 3.52. The third-order valence-electron chi connectivity index (χ3n) is 3.99. The van der Waals surface area contributed by atoms with E-state index in [2.05, 4.69) is 15.4 Å². The minimum Gasteiger partial charge on any atom is -0.406 e. The van der Waals surface area contributed by atoms with Gasteiger partial charge in [-0.15, -0.1) is 13.2 Å². The molecule has 1 amide bonds. The topological polar surface area (TPSA) is 50.4 Å². The molecule has 7 heteroatoms. The van der Waals surface area contributed by atoms with Crippen LogP contribution in [0.4, 0.5) is 18.9 Å². The number of benzene rings is 1. The van der Waals surface area contributed by atoms with Crippen molar-refractivity contribution in [3.63, 3.8) is 0 Å². The maximum absolute atomic E-state index is 12.2. The van der Waals surface area contributed by atoms with Crippen molar-refractivity contribution in [1.29, 1.82) is 0 Å². The highest BCUT2D eigenvalue weighted by Gasteiger charge is 2.42. The van der Waals surface area contributed by atoms with E-state index in [4.69, 9.17) is 0 Å². The number of alkyl halides is 3. The summed E-state index contributed by atoms with van der Waals surface area (Å²) >= 11 is 0. The summed E-state index contributed by atoms with van der Waals surface area (Å²) in [7, 11) is 0. The fourth-order valence-corrected chi connectivity index (χ4v) is 3.09. The second kappa shape index (κ2) is 5.22. The maximum atomic E-state index is 12.2. The van der Waals surface area contributed by atoms with E-state index in [1.54, 1.807) is 0 Å². The summed E-state index contributed by atoms with van der Waals surface area (Å²) < 4.78 is 39.9. The van der Waals surface area contributed by atoms with Crippen LogP contribution in [0.15, 0.2) is 24.3 Å². The second-order valence-corrected chi connectivity index (χ2v) is 5.45. The number of hydrogen-bond donors (Lipinski definition) is 2.